The number of aromatic nitrogens is 4. The molecule has 0 radical (unpaired) electrons. The smallest absolute Gasteiger partial charge is 0.354 e. The number of hydrogen-bond acceptors (Lipinski definition) is 13. The predicted octanol–water partition coefficient (Wildman–Crippen LogP) is 1.58. The number of anilines is 1. The number of ether oxygens (including phenoxy) is 2. The molecule has 48 heavy (non-hydrogen) atoms. The number of fused-ring (bicyclic) bond motifs is 1. The maximum absolute atomic E-state index is 14.2. The zero-order valence-electron chi connectivity index (χ0n) is 26.5. The van der Waals surface area contributed by atoms with Crippen molar-refractivity contribution < 1.29 is 39.1 Å². The Morgan fingerprint density at radius 1 is 1.15 bits per heavy atom. The van der Waals surface area contributed by atoms with Crippen LogP contribution in [0.5, 0.6) is 5.88 Å². The summed E-state index contributed by atoms with van der Waals surface area (Å²) in [6.07, 6.45) is -1.70. The SMILES string of the molecule is CNC(O)(O)O.C[C@@H](c1nc2ccc(C(=O)O)nc2n1C[C@@H]1CCO1)N1CCN(c2cccc(OCc3ccc(C#N)cc3F)n2)CC1. The van der Waals surface area contributed by atoms with Gasteiger partial charge in [0.2, 0.25) is 5.88 Å². The molecule has 0 saturated carbocycles. The molecular weight excluding hydrogens is 627 g/mol. The molecule has 2 fully saturated rings. The van der Waals surface area contributed by atoms with Gasteiger partial charge in [0, 0.05) is 44.4 Å². The van der Waals surface area contributed by atoms with Crippen LogP contribution >= 0.6 is 0 Å². The average molecular weight is 665 g/mol. The van der Waals surface area contributed by atoms with Gasteiger partial charge in [0.15, 0.2) is 11.3 Å². The number of carboxylic acid groups (broad SMARTS) is 1. The van der Waals surface area contributed by atoms with Gasteiger partial charge >= 0.3 is 12.1 Å². The van der Waals surface area contributed by atoms with Crippen LogP contribution in [0.2, 0.25) is 0 Å². The highest BCUT2D eigenvalue weighted by Crippen LogP contribution is 2.28. The van der Waals surface area contributed by atoms with Crippen LogP contribution in [0.25, 0.3) is 11.2 Å². The minimum atomic E-state index is -2.71. The Kier molecular flexibility index (Phi) is 10.8. The Morgan fingerprint density at radius 3 is 2.48 bits per heavy atom. The lowest BCUT2D eigenvalue weighted by atomic mass is 10.1. The van der Waals surface area contributed by atoms with Gasteiger partial charge < -0.3 is 39.4 Å². The second kappa shape index (κ2) is 15.0. The van der Waals surface area contributed by atoms with E-state index in [4.69, 9.17) is 35.0 Å². The number of nitriles is 1. The van der Waals surface area contributed by atoms with Gasteiger partial charge in [-0.3, -0.25) is 4.90 Å². The summed E-state index contributed by atoms with van der Waals surface area (Å²) in [5.74, 6) is 0.460. The van der Waals surface area contributed by atoms with E-state index in [0.29, 0.717) is 29.2 Å². The van der Waals surface area contributed by atoms with E-state index in [-0.39, 0.29) is 30.0 Å². The first-order chi connectivity index (χ1) is 23.0. The number of piperazine rings is 1. The van der Waals surface area contributed by atoms with E-state index in [1.165, 1.54) is 19.2 Å². The fourth-order valence-electron chi connectivity index (χ4n) is 5.32. The molecule has 5 N–H and O–H groups in total. The van der Waals surface area contributed by atoms with Crippen LogP contribution in [0.4, 0.5) is 10.2 Å². The third-order valence-electron chi connectivity index (χ3n) is 8.18. The lowest BCUT2D eigenvalue weighted by Crippen LogP contribution is -2.48. The number of carbonyl (C=O) groups is 1. The van der Waals surface area contributed by atoms with Crippen LogP contribution in [-0.2, 0) is 17.9 Å². The molecule has 3 aromatic heterocycles. The molecule has 4 aromatic rings. The summed E-state index contributed by atoms with van der Waals surface area (Å²) in [5, 5.41) is 43.7. The normalized spacial score (nSPS) is 17.2. The zero-order chi connectivity index (χ0) is 34.4. The van der Waals surface area contributed by atoms with E-state index in [1.54, 1.807) is 29.6 Å². The first kappa shape index (κ1) is 34.6. The molecule has 2 saturated heterocycles. The number of aromatic carboxylic acids is 1. The molecule has 15 nitrogen and oxygen atoms in total. The Bertz CT molecular complexity index is 1780. The Hall–Kier alpha value is -4.76. The topological polar surface area (TPSA) is 202 Å². The fourth-order valence-corrected chi connectivity index (χ4v) is 5.32. The van der Waals surface area contributed by atoms with Crippen LogP contribution in [0.1, 0.15) is 46.8 Å². The number of pyridine rings is 2. The molecule has 2 atom stereocenters. The first-order valence-electron chi connectivity index (χ1n) is 15.3. The Balaban J connectivity index is 0.000000689. The standard InChI is InChI=1S/C30H30FN7O4.C2H7NO3/c1-19(28-33-24-7-8-25(30(39)40)34-29(24)38(28)17-22-9-14-41-22)36-10-12-37(13-11-36)26-3-2-4-27(35-26)42-18-21-6-5-20(16-32)15-23(21)31;1-3-2(4,5)6/h2-8,15,19,22H,9-14,17-18H2,1H3,(H,39,40);3-6H,1H3/t19-,22-;/m0./s1. The van der Waals surface area contributed by atoms with E-state index in [2.05, 4.69) is 26.7 Å². The minimum Gasteiger partial charge on any atom is -0.477 e. The molecule has 0 bridgehead atoms. The number of nitrogens with one attached hydrogen (secondary N) is 1. The number of aliphatic hydroxyl groups is 3. The summed E-state index contributed by atoms with van der Waals surface area (Å²) in [5.41, 5.74) is 1.84. The summed E-state index contributed by atoms with van der Waals surface area (Å²) >= 11 is 0. The largest absolute Gasteiger partial charge is 0.477 e. The average Bonchev–Trinajstić information content (AvgIpc) is 3.43. The van der Waals surface area contributed by atoms with E-state index >= 15 is 0 Å². The van der Waals surface area contributed by atoms with Gasteiger partial charge in [0.05, 0.1) is 30.3 Å². The summed E-state index contributed by atoms with van der Waals surface area (Å²) in [6.45, 7) is 6.43. The van der Waals surface area contributed by atoms with Crippen molar-refractivity contribution in [2.45, 2.75) is 44.7 Å². The maximum Gasteiger partial charge on any atom is 0.354 e. The van der Waals surface area contributed by atoms with Gasteiger partial charge in [-0.2, -0.15) is 10.2 Å². The van der Waals surface area contributed by atoms with Crippen molar-refractivity contribution in [2.75, 3.05) is 44.7 Å². The predicted molar refractivity (Wildman–Crippen MR) is 169 cm³/mol. The van der Waals surface area contributed by atoms with Gasteiger partial charge in [-0.1, -0.05) is 12.1 Å². The van der Waals surface area contributed by atoms with Crippen LogP contribution in [0.15, 0.2) is 48.5 Å². The molecule has 0 amide bonds. The van der Waals surface area contributed by atoms with Crippen molar-refractivity contribution in [1.29, 1.82) is 5.26 Å². The summed E-state index contributed by atoms with van der Waals surface area (Å²) in [6, 6.07) is 14.9. The monoisotopic (exact) mass is 664 g/mol. The maximum atomic E-state index is 14.2. The quantitative estimate of drug-likeness (QED) is 0.153. The van der Waals surface area contributed by atoms with E-state index in [9.17, 15) is 14.3 Å². The van der Waals surface area contributed by atoms with Crippen molar-refractivity contribution >= 4 is 23.0 Å². The number of imidazole rings is 1. The highest BCUT2D eigenvalue weighted by molar-refractivity contribution is 5.88. The number of nitrogens with zero attached hydrogens (tertiary/aromatic N) is 7. The van der Waals surface area contributed by atoms with Gasteiger partial charge in [-0.15, -0.1) is 0 Å². The van der Waals surface area contributed by atoms with Gasteiger partial charge in [0.1, 0.15) is 29.6 Å². The molecule has 1 aromatic carbocycles. The molecular formula is C32H37FN8O7. The van der Waals surface area contributed by atoms with Crippen LogP contribution in [0, 0.1) is 17.1 Å². The molecule has 5 heterocycles. The highest BCUT2D eigenvalue weighted by Gasteiger charge is 2.29. The summed E-state index contributed by atoms with van der Waals surface area (Å²) < 4.78 is 27.7. The van der Waals surface area contributed by atoms with Crippen molar-refractivity contribution in [3.05, 3.63) is 77.0 Å². The number of hydrogen-bond donors (Lipinski definition) is 5. The number of carboxylic acids is 1. The summed E-state index contributed by atoms with van der Waals surface area (Å²) in [7, 11) is 1.21. The third kappa shape index (κ3) is 8.39. The highest BCUT2D eigenvalue weighted by atomic mass is 19.1. The number of rotatable bonds is 10. The molecule has 6 rings (SSSR count). The molecule has 2 aliphatic heterocycles. The second-order valence-corrected chi connectivity index (χ2v) is 11.3. The fraction of sp³-hybridized carbons (Fsp3) is 0.406. The first-order valence-corrected chi connectivity index (χ1v) is 15.3. The second-order valence-electron chi connectivity index (χ2n) is 11.3. The van der Waals surface area contributed by atoms with Crippen molar-refractivity contribution in [3.63, 3.8) is 0 Å². The zero-order valence-corrected chi connectivity index (χ0v) is 26.5. The molecule has 254 valence electrons. The van der Waals surface area contributed by atoms with Gasteiger partial charge in [-0.05, 0) is 50.7 Å². The van der Waals surface area contributed by atoms with Crippen molar-refractivity contribution in [3.8, 4) is 11.9 Å². The van der Waals surface area contributed by atoms with Crippen molar-refractivity contribution in [1.82, 2.24) is 29.7 Å². The van der Waals surface area contributed by atoms with Gasteiger partial charge in [0.25, 0.3) is 0 Å². The lowest BCUT2D eigenvalue weighted by molar-refractivity contribution is -0.328. The number of halogens is 1. The van der Waals surface area contributed by atoms with Crippen LogP contribution in [0.3, 0.4) is 0 Å². The molecule has 0 unspecified atom stereocenters. The molecule has 16 heteroatoms. The van der Waals surface area contributed by atoms with Crippen LogP contribution < -0.4 is 15.0 Å². The van der Waals surface area contributed by atoms with Gasteiger partial charge in [-0.25, -0.2) is 24.5 Å². The number of benzene rings is 1. The lowest BCUT2D eigenvalue weighted by Gasteiger charge is -2.38. The summed E-state index contributed by atoms with van der Waals surface area (Å²) in [4.78, 5) is 30.0. The van der Waals surface area contributed by atoms with Crippen molar-refractivity contribution in [2.24, 2.45) is 0 Å². The van der Waals surface area contributed by atoms with E-state index < -0.39 is 17.9 Å². The third-order valence-corrected chi connectivity index (χ3v) is 8.18. The van der Waals surface area contributed by atoms with E-state index in [1.807, 2.05) is 22.8 Å². The Morgan fingerprint density at radius 2 is 1.88 bits per heavy atom. The van der Waals surface area contributed by atoms with E-state index in [0.717, 1.165) is 50.8 Å². The minimum absolute atomic E-state index is 0.00765. The van der Waals surface area contributed by atoms with Crippen LogP contribution in [-0.4, -0.2) is 103 Å². The molecule has 0 spiro atoms. The molecule has 2 aliphatic rings. The Labute approximate surface area is 275 Å². The molecule has 0 aliphatic carbocycles.